The molecule has 152 valence electrons. The highest BCUT2D eigenvalue weighted by Crippen LogP contribution is 2.40. The topological polar surface area (TPSA) is 76.1 Å². The summed E-state index contributed by atoms with van der Waals surface area (Å²) in [5.74, 6) is -1.99. The number of ether oxygens (including phenoxy) is 2. The molecule has 6 nitrogen and oxygen atoms in total. The fourth-order valence-electron chi connectivity index (χ4n) is 3.35. The normalized spacial score (nSPS) is 18.3. The first kappa shape index (κ1) is 20.5. The molecular weight excluding hydrogens is 377 g/mol. The average molecular weight is 399 g/mol. The van der Waals surface area contributed by atoms with Crippen molar-refractivity contribution in [2.75, 3.05) is 26.9 Å². The van der Waals surface area contributed by atoms with Gasteiger partial charge in [0.2, 0.25) is 0 Å². The van der Waals surface area contributed by atoms with E-state index in [9.17, 15) is 19.1 Å². The van der Waals surface area contributed by atoms with Crippen LogP contribution in [0.2, 0.25) is 0 Å². The zero-order chi connectivity index (χ0) is 21.0. The Balaban J connectivity index is 2.12. The summed E-state index contributed by atoms with van der Waals surface area (Å²) in [7, 11) is 1.47. The first-order valence-corrected chi connectivity index (χ1v) is 9.24. The molecule has 0 aliphatic carbocycles. The van der Waals surface area contributed by atoms with Crippen LogP contribution < -0.4 is 4.74 Å². The van der Waals surface area contributed by atoms with Crippen LogP contribution in [0.3, 0.4) is 0 Å². The van der Waals surface area contributed by atoms with Crippen molar-refractivity contribution in [2.24, 2.45) is 0 Å². The summed E-state index contributed by atoms with van der Waals surface area (Å²) < 4.78 is 25.0. The fraction of sp³-hybridized carbons (Fsp3) is 0.273. The average Bonchev–Trinajstić information content (AvgIpc) is 2.97. The monoisotopic (exact) mass is 399 g/mol. The van der Waals surface area contributed by atoms with Crippen LogP contribution in [-0.2, 0) is 14.3 Å². The Labute approximate surface area is 168 Å². The molecule has 1 N–H and O–H groups in total. The summed E-state index contributed by atoms with van der Waals surface area (Å²) in [6, 6.07) is 11.3. The molecular formula is C22H22FNO5. The molecule has 0 radical (unpaired) electrons. The van der Waals surface area contributed by atoms with Crippen LogP contribution in [0.1, 0.15) is 24.1 Å². The fourth-order valence-corrected chi connectivity index (χ4v) is 3.35. The molecule has 1 amide bonds. The lowest BCUT2D eigenvalue weighted by Crippen LogP contribution is -2.33. The third kappa shape index (κ3) is 4.00. The number of hydrogen-bond acceptors (Lipinski definition) is 5. The number of rotatable bonds is 7. The molecule has 2 aromatic rings. The van der Waals surface area contributed by atoms with Gasteiger partial charge in [-0.05, 0) is 37.3 Å². The van der Waals surface area contributed by atoms with E-state index in [-0.39, 0.29) is 30.0 Å². The van der Waals surface area contributed by atoms with Gasteiger partial charge in [0, 0.05) is 24.8 Å². The standard InChI is InChI=1S/C22H22FNO5/c1-3-29-15-10-8-14(9-11-15)20(25)18-19(16-6-4-5-7-17(16)23)24(12-13-28-2)22(27)21(18)26/h4-11,19,25H,3,12-13H2,1-2H3. The number of likely N-dealkylation sites (tertiary alicyclic amines) is 1. The van der Waals surface area contributed by atoms with E-state index in [0.29, 0.717) is 17.9 Å². The first-order chi connectivity index (χ1) is 14.0. The van der Waals surface area contributed by atoms with Gasteiger partial charge >= 0.3 is 0 Å². The van der Waals surface area contributed by atoms with Gasteiger partial charge < -0.3 is 19.5 Å². The maximum absolute atomic E-state index is 14.6. The number of methoxy groups -OCH3 is 1. The van der Waals surface area contributed by atoms with Crippen LogP contribution in [0.4, 0.5) is 4.39 Å². The van der Waals surface area contributed by atoms with Crippen LogP contribution in [0.25, 0.3) is 5.76 Å². The molecule has 2 aromatic carbocycles. The van der Waals surface area contributed by atoms with Crippen molar-refractivity contribution in [3.05, 3.63) is 71.0 Å². The summed E-state index contributed by atoms with van der Waals surface area (Å²) in [4.78, 5) is 26.6. The number of halogens is 1. The largest absolute Gasteiger partial charge is 0.507 e. The van der Waals surface area contributed by atoms with E-state index in [4.69, 9.17) is 9.47 Å². The van der Waals surface area contributed by atoms with E-state index in [1.807, 2.05) is 6.92 Å². The van der Waals surface area contributed by atoms with E-state index < -0.39 is 23.5 Å². The Morgan fingerprint density at radius 3 is 2.45 bits per heavy atom. The highest BCUT2D eigenvalue weighted by Gasteiger charge is 2.46. The third-order valence-electron chi connectivity index (χ3n) is 4.71. The Bertz CT molecular complexity index is 938. The Kier molecular flexibility index (Phi) is 6.29. The molecule has 1 aliphatic rings. The molecule has 1 unspecified atom stereocenters. The predicted octanol–water partition coefficient (Wildman–Crippen LogP) is 3.29. The smallest absolute Gasteiger partial charge is 0.295 e. The third-order valence-corrected chi connectivity index (χ3v) is 4.71. The number of ketones is 1. The summed E-state index contributed by atoms with van der Waals surface area (Å²) >= 11 is 0. The maximum atomic E-state index is 14.6. The highest BCUT2D eigenvalue weighted by atomic mass is 19.1. The number of nitrogens with zero attached hydrogens (tertiary/aromatic N) is 1. The second kappa shape index (κ2) is 8.87. The number of carbonyl (C=O) groups is 2. The van der Waals surface area contributed by atoms with E-state index in [1.54, 1.807) is 30.3 Å². The summed E-state index contributed by atoms with van der Waals surface area (Å²) in [5, 5.41) is 10.9. The minimum Gasteiger partial charge on any atom is -0.507 e. The van der Waals surface area contributed by atoms with Crippen molar-refractivity contribution in [2.45, 2.75) is 13.0 Å². The van der Waals surface area contributed by atoms with Gasteiger partial charge in [0.05, 0.1) is 24.8 Å². The molecule has 1 saturated heterocycles. The molecule has 0 aromatic heterocycles. The number of hydrogen-bond donors (Lipinski definition) is 1. The summed E-state index contributed by atoms with van der Waals surface area (Å²) in [6.45, 7) is 2.59. The van der Waals surface area contributed by atoms with Crippen LogP contribution in [0.5, 0.6) is 5.75 Å². The van der Waals surface area contributed by atoms with E-state index in [1.165, 1.54) is 30.2 Å². The molecule has 0 saturated carbocycles. The second-order valence-electron chi connectivity index (χ2n) is 6.46. The van der Waals surface area contributed by atoms with Crippen molar-refractivity contribution in [3.8, 4) is 5.75 Å². The molecule has 7 heteroatoms. The lowest BCUT2D eigenvalue weighted by atomic mass is 9.95. The highest BCUT2D eigenvalue weighted by molar-refractivity contribution is 6.46. The molecule has 0 spiro atoms. The Morgan fingerprint density at radius 1 is 1.14 bits per heavy atom. The molecule has 3 rings (SSSR count). The molecule has 1 aliphatic heterocycles. The molecule has 29 heavy (non-hydrogen) atoms. The minimum atomic E-state index is -1.04. The Hall–Kier alpha value is -3.19. The number of carbonyl (C=O) groups excluding carboxylic acids is 2. The Morgan fingerprint density at radius 2 is 1.83 bits per heavy atom. The number of benzene rings is 2. The number of aliphatic hydroxyl groups excluding tert-OH is 1. The van der Waals surface area contributed by atoms with Gasteiger partial charge in [0.1, 0.15) is 17.3 Å². The summed E-state index contributed by atoms with van der Waals surface area (Å²) in [6.07, 6.45) is 0. The van der Waals surface area contributed by atoms with E-state index >= 15 is 0 Å². The first-order valence-electron chi connectivity index (χ1n) is 9.24. The molecule has 0 bridgehead atoms. The van der Waals surface area contributed by atoms with Crippen LogP contribution >= 0.6 is 0 Å². The van der Waals surface area contributed by atoms with Crippen molar-refractivity contribution >= 4 is 17.4 Å². The van der Waals surface area contributed by atoms with E-state index in [2.05, 4.69) is 0 Å². The van der Waals surface area contributed by atoms with Gasteiger partial charge in [0.25, 0.3) is 11.7 Å². The maximum Gasteiger partial charge on any atom is 0.295 e. The summed E-state index contributed by atoms with van der Waals surface area (Å²) in [5.41, 5.74) is 0.315. The molecule has 1 fully saturated rings. The quantitative estimate of drug-likeness (QED) is 0.439. The lowest BCUT2D eigenvalue weighted by molar-refractivity contribution is -0.140. The number of amides is 1. The minimum absolute atomic E-state index is 0.0835. The van der Waals surface area contributed by atoms with Crippen LogP contribution in [0, 0.1) is 5.82 Å². The van der Waals surface area contributed by atoms with Gasteiger partial charge in [-0.25, -0.2) is 4.39 Å². The number of Topliss-reactive ketones (excluding diaryl/α,β-unsaturated/α-hetero) is 1. The van der Waals surface area contributed by atoms with Gasteiger partial charge in [-0.1, -0.05) is 18.2 Å². The predicted molar refractivity (Wildman–Crippen MR) is 105 cm³/mol. The second-order valence-corrected chi connectivity index (χ2v) is 6.46. The molecule has 1 heterocycles. The van der Waals surface area contributed by atoms with Crippen molar-refractivity contribution in [1.82, 2.24) is 4.90 Å². The SMILES string of the molecule is CCOc1ccc(C(O)=C2C(=O)C(=O)N(CCOC)C2c2ccccc2F)cc1. The van der Waals surface area contributed by atoms with Crippen LogP contribution in [0.15, 0.2) is 54.1 Å². The van der Waals surface area contributed by atoms with E-state index in [0.717, 1.165) is 0 Å². The van der Waals surface area contributed by atoms with Crippen molar-refractivity contribution < 1.29 is 28.6 Å². The lowest BCUT2D eigenvalue weighted by Gasteiger charge is -2.25. The van der Waals surface area contributed by atoms with Crippen molar-refractivity contribution in [1.29, 1.82) is 0 Å². The van der Waals surface area contributed by atoms with Gasteiger partial charge in [-0.3, -0.25) is 9.59 Å². The number of aliphatic hydroxyl groups is 1. The van der Waals surface area contributed by atoms with Crippen LogP contribution in [-0.4, -0.2) is 48.6 Å². The zero-order valence-electron chi connectivity index (χ0n) is 16.2. The molecule has 1 atom stereocenters. The van der Waals surface area contributed by atoms with Gasteiger partial charge in [-0.2, -0.15) is 0 Å². The zero-order valence-corrected chi connectivity index (χ0v) is 16.2. The van der Waals surface area contributed by atoms with Gasteiger partial charge in [0.15, 0.2) is 0 Å². The van der Waals surface area contributed by atoms with Crippen molar-refractivity contribution in [3.63, 3.8) is 0 Å². The van der Waals surface area contributed by atoms with Gasteiger partial charge in [-0.15, -0.1) is 0 Å².